The lowest BCUT2D eigenvalue weighted by Gasteiger charge is -2.07. The molecule has 0 aliphatic heterocycles. The summed E-state index contributed by atoms with van der Waals surface area (Å²) in [7, 11) is 1.78. The summed E-state index contributed by atoms with van der Waals surface area (Å²) < 4.78 is 3.23. The molecule has 5 nitrogen and oxygen atoms in total. The van der Waals surface area contributed by atoms with Gasteiger partial charge in [-0.3, -0.25) is 14.0 Å². The van der Waals surface area contributed by atoms with E-state index < -0.39 is 0 Å². The molecule has 0 spiro atoms. The third kappa shape index (κ3) is 2.11. The average molecular weight is 268 g/mol. The first-order chi connectivity index (χ1) is 9.54. The standard InChI is InChI=1S/C15H16N4O/c1-10-4-11(2)6-12(5-10)8-19-9-16-14-13(15(19)20)7-17-18(14)3/h4-7,9H,8H2,1-3H3. The number of aryl methyl sites for hydroxylation is 3. The SMILES string of the molecule is Cc1cc(C)cc(Cn2cnc3c(cnn3C)c2=O)c1. The van der Waals surface area contributed by atoms with Crippen LogP contribution < -0.4 is 5.56 Å². The zero-order valence-corrected chi connectivity index (χ0v) is 11.8. The van der Waals surface area contributed by atoms with Crippen LogP contribution in [0.1, 0.15) is 16.7 Å². The van der Waals surface area contributed by atoms with E-state index in [0.29, 0.717) is 17.6 Å². The molecule has 3 aromatic rings. The second-order valence-corrected chi connectivity index (χ2v) is 5.18. The number of fused-ring (bicyclic) bond motifs is 1. The summed E-state index contributed by atoms with van der Waals surface area (Å²) in [5.41, 5.74) is 4.07. The summed E-state index contributed by atoms with van der Waals surface area (Å²) in [4.78, 5) is 16.7. The van der Waals surface area contributed by atoms with E-state index >= 15 is 0 Å². The molecule has 0 saturated carbocycles. The van der Waals surface area contributed by atoms with Crippen LogP contribution in [0, 0.1) is 13.8 Å². The Labute approximate surface area is 116 Å². The fourth-order valence-electron chi connectivity index (χ4n) is 2.54. The van der Waals surface area contributed by atoms with Crippen molar-refractivity contribution in [2.45, 2.75) is 20.4 Å². The van der Waals surface area contributed by atoms with E-state index in [1.807, 2.05) is 0 Å². The van der Waals surface area contributed by atoms with Gasteiger partial charge in [0.1, 0.15) is 11.7 Å². The highest BCUT2D eigenvalue weighted by molar-refractivity contribution is 5.72. The van der Waals surface area contributed by atoms with Gasteiger partial charge in [0.05, 0.1) is 12.7 Å². The minimum absolute atomic E-state index is 0.0535. The summed E-state index contributed by atoms with van der Waals surface area (Å²) in [6.07, 6.45) is 3.16. The Balaban J connectivity index is 2.06. The summed E-state index contributed by atoms with van der Waals surface area (Å²) >= 11 is 0. The molecule has 0 radical (unpaired) electrons. The zero-order chi connectivity index (χ0) is 14.3. The van der Waals surface area contributed by atoms with Crippen molar-refractivity contribution in [3.63, 3.8) is 0 Å². The first-order valence-corrected chi connectivity index (χ1v) is 6.49. The molecule has 5 heteroatoms. The predicted octanol–water partition coefficient (Wildman–Crippen LogP) is 1.80. The smallest absolute Gasteiger partial charge is 0.264 e. The van der Waals surface area contributed by atoms with Crippen molar-refractivity contribution in [2.75, 3.05) is 0 Å². The monoisotopic (exact) mass is 268 g/mol. The van der Waals surface area contributed by atoms with Crippen molar-refractivity contribution < 1.29 is 0 Å². The molecule has 0 aliphatic carbocycles. The molecule has 1 aromatic carbocycles. The van der Waals surface area contributed by atoms with E-state index in [4.69, 9.17) is 0 Å². The molecular formula is C15H16N4O. The van der Waals surface area contributed by atoms with Gasteiger partial charge < -0.3 is 0 Å². The van der Waals surface area contributed by atoms with Gasteiger partial charge in [0.15, 0.2) is 5.65 Å². The van der Waals surface area contributed by atoms with Crippen LogP contribution >= 0.6 is 0 Å². The quantitative estimate of drug-likeness (QED) is 0.712. The third-order valence-electron chi connectivity index (χ3n) is 3.35. The Bertz CT molecular complexity index is 824. The molecule has 0 atom stereocenters. The first-order valence-electron chi connectivity index (χ1n) is 6.49. The van der Waals surface area contributed by atoms with Gasteiger partial charge in [-0.05, 0) is 19.4 Å². The minimum atomic E-state index is -0.0535. The normalized spacial score (nSPS) is 11.2. The molecule has 3 rings (SSSR count). The van der Waals surface area contributed by atoms with Crippen molar-refractivity contribution in [3.05, 3.63) is 57.8 Å². The van der Waals surface area contributed by atoms with E-state index in [1.54, 1.807) is 28.8 Å². The fourth-order valence-corrected chi connectivity index (χ4v) is 2.54. The van der Waals surface area contributed by atoms with E-state index in [-0.39, 0.29) is 5.56 Å². The Hall–Kier alpha value is -2.43. The van der Waals surface area contributed by atoms with Crippen molar-refractivity contribution >= 4 is 11.0 Å². The minimum Gasteiger partial charge on any atom is -0.294 e. The lowest BCUT2D eigenvalue weighted by Crippen LogP contribution is -2.21. The predicted molar refractivity (Wildman–Crippen MR) is 77.8 cm³/mol. The van der Waals surface area contributed by atoms with Crippen LogP contribution in [0.15, 0.2) is 35.5 Å². The highest BCUT2D eigenvalue weighted by Crippen LogP contribution is 2.10. The maximum atomic E-state index is 12.4. The second kappa shape index (κ2) is 4.59. The Kier molecular flexibility index (Phi) is 2.89. The molecule has 0 bridgehead atoms. The maximum Gasteiger partial charge on any atom is 0.264 e. The number of rotatable bonds is 2. The molecule has 0 fully saturated rings. The summed E-state index contributed by atoms with van der Waals surface area (Å²) in [5.74, 6) is 0. The lowest BCUT2D eigenvalue weighted by atomic mass is 10.1. The second-order valence-electron chi connectivity index (χ2n) is 5.18. The molecule has 0 aliphatic rings. The molecule has 2 heterocycles. The number of aromatic nitrogens is 4. The number of benzene rings is 1. The highest BCUT2D eigenvalue weighted by atomic mass is 16.1. The molecule has 0 saturated heterocycles. The van der Waals surface area contributed by atoms with Crippen LogP contribution in [0.4, 0.5) is 0 Å². The number of hydrogen-bond acceptors (Lipinski definition) is 3. The summed E-state index contributed by atoms with van der Waals surface area (Å²) in [6, 6.07) is 6.30. The van der Waals surface area contributed by atoms with Gasteiger partial charge in [-0.25, -0.2) is 4.98 Å². The largest absolute Gasteiger partial charge is 0.294 e. The molecule has 102 valence electrons. The van der Waals surface area contributed by atoms with Gasteiger partial charge in [-0.2, -0.15) is 5.10 Å². The third-order valence-corrected chi connectivity index (χ3v) is 3.35. The highest BCUT2D eigenvalue weighted by Gasteiger charge is 2.08. The molecule has 0 N–H and O–H groups in total. The Morgan fingerprint density at radius 3 is 2.55 bits per heavy atom. The topological polar surface area (TPSA) is 52.7 Å². The Morgan fingerprint density at radius 2 is 1.85 bits per heavy atom. The van der Waals surface area contributed by atoms with Crippen LogP contribution in [-0.4, -0.2) is 19.3 Å². The van der Waals surface area contributed by atoms with Crippen molar-refractivity contribution in [1.29, 1.82) is 0 Å². The van der Waals surface area contributed by atoms with Gasteiger partial charge in [0.25, 0.3) is 5.56 Å². The van der Waals surface area contributed by atoms with Crippen molar-refractivity contribution in [3.8, 4) is 0 Å². The van der Waals surface area contributed by atoms with Crippen LogP contribution in [0.2, 0.25) is 0 Å². The summed E-state index contributed by atoms with van der Waals surface area (Å²) in [6.45, 7) is 4.64. The first kappa shape index (κ1) is 12.6. The molecule has 0 amide bonds. The van der Waals surface area contributed by atoms with Crippen LogP contribution in [0.3, 0.4) is 0 Å². The zero-order valence-electron chi connectivity index (χ0n) is 11.8. The fraction of sp³-hybridized carbons (Fsp3) is 0.267. The maximum absolute atomic E-state index is 12.4. The van der Waals surface area contributed by atoms with Gasteiger partial charge in [0, 0.05) is 7.05 Å². The van der Waals surface area contributed by atoms with Gasteiger partial charge in [-0.15, -0.1) is 0 Å². The van der Waals surface area contributed by atoms with Crippen molar-refractivity contribution in [2.24, 2.45) is 7.05 Å². The average Bonchev–Trinajstić information content (AvgIpc) is 2.74. The van der Waals surface area contributed by atoms with Gasteiger partial charge in [-0.1, -0.05) is 29.3 Å². The number of hydrogen-bond donors (Lipinski definition) is 0. The van der Waals surface area contributed by atoms with E-state index in [2.05, 4.69) is 42.1 Å². The summed E-state index contributed by atoms with van der Waals surface area (Å²) in [5, 5.41) is 4.63. The van der Waals surface area contributed by atoms with Gasteiger partial charge in [0.2, 0.25) is 0 Å². The van der Waals surface area contributed by atoms with Crippen LogP contribution in [0.5, 0.6) is 0 Å². The van der Waals surface area contributed by atoms with E-state index in [1.165, 1.54) is 11.1 Å². The van der Waals surface area contributed by atoms with E-state index in [9.17, 15) is 4.79 Å². The van der Waals surface area contributed by atoms with E-state index in [0.717, 1.165) is 5.56 Å². The van der Waals surface area contributed by atoms with Crippen LogP contribution in [-0.2, 0) is 13.6 Å². The molecular weight excluding hydrogens is 252 g/mol. The number of nitrogens with zero attached hydrogens (tertiary/aromatic N) is 4. The van der Waals surface area contributed by atoms with Crippen molar-refractivity contribution in [1.82, 2.24) is 19.3 Å². The molecule has 0 unspecified atom stereocenters. The molecule has 2 aromatic heterocycles. The van der Waals surface area contributed by atoms with Crippen LogP contribution in [0.25, 0.3) is 11.0 Å². The molecule has 20 heavy (non-hydrogen) atoms. The Morgan fingerprint density at radius 1 is 1.15 bits per heavy atom. The van der Waals surface area contributed by atoms with Gasteiger partial charge >= 0.3 is 0 Å². The lowest BCUT2D eigenvalue weighted by molar-refractivity contribution is 0.736.